The predicted octanol–water partition coefficient (Wildman–Crippen LogP) is 6.51. The maximum absolute atomic E-state index is 5.33. The van der Waals surface area contributed by atoms with Gasteiger partial charge >= 0.3 is 0 Å². The quantitative estimate of drug-likeness (QED) is 0.317. The lowest BCUT2D eigenvalue weighted by atomic mass is 10.2. The highest BCUT2D eigenvalue weighted by Crippen LogP contribution is 2.46. The second-order valence-electron chi connectivity index (χ2n) is 7.28. The highest BCUT2D eigenvalue weighted by atomic mass is 32.2. The smallest absolute Gasteiger partial charge is 0.262 e. The average Bonchev–Trinajstić information content (AvgIpc) is 3.28. The summed E-state index contributed by atoms with van der Waals surface area (Å²) in [4.78, 5) is 3.43. The second kappa shape index (κ2) is 9.58. The lowest BCUT2D eigenvalue weighted by Crippen LogP contribution is -2.28. The van der Waals surface area contributed by atoms with Gasteiger partial charge in [-0.1, -0.05) is 66.5 Å². The van der Waals surface area contributed by atoms with E-state index < -0.39 is 0 Å². The molecule has 31 heavy (non-hydrogen) atoms. The average molecular weight is 448 g/mol. The Morgan fingerprint density at radius 3 is 2.65 bits per heavy atom. The van der Waals surface area contributed by atoms with Crippen molar-refractivity contribution in [2.45, 2.75) is 18.2 Å². The van der Waals surface area contributed by atoms with E-state index in [9.17, 15) is 0 Å². The van der Waals surface area contributed by atoms with E-state index in [-0.39, 0.29) is 0 Å². The van der Waals surface area contributed by atoms with E-state index in [2.05, 4.69) is 103 Å². The number of thioether (sulfide) groups is 1. The summed E-state index contributed by atoms with van der Waals surface area (Å²) >= 11 is 3.59. The van der Waals surface area contributed by atoms with Crippen LogP contribution in [0.1, 0.15) is 17.5 Å². The highest BCUT2D eigenvalue weighted by Gasteiger charge is 2.21. The maximum atomic E-state index is 5.33. The topological polar surface area (TPSA) is 16.4 Å². The molecule has 0 saturated heterocycles. The van der Waals surface area contributed by atoms with E-state index in [4.69, 9.17) is 4.74 Å². The third-order valence-electron chi connectivity index (χ3n) is 5.33. The Labute approximate surface area is 192 Å². The van der Waals surface area contributed by atoms with Gasteiger partial charge in [0, 0.05) is 24.1 Å². The van der Waals surface area contributed by atoms with Gasteiger partial charge in [0.05, 0.1) is 17.8 Å². The summed E-state index contributed by atoms with van der Waals surface area (Å²) in [6.45, 7) is 2.20. The number of ether oxygens (including phenoxy) is 1. The summed E-state index contributed by atoms with van der Waals surface area (Å²) < 4.78 is 8.93. The van der Waals surface area contributed by atoms with Crippen LogP contribution in [0.25, 0.3) is 16.3 Å². The summed E-state index contributed by atoms with van der Waals surface area (Å²) in [7, 11) is 5.93. The molecule has 5 heteroatoms. The summed E-state index contributed by atoms with van der Waals surface area (Å²) in [6, 6.07) is 12.9. The number of rotatable bonds is 6. The maximum Gasteiger partial charge on any atom is 0.262 e. The number of thiazole rings is 1. The molecule has 3 nitrogen and oxygen atoms in total. The zero-order valence-corrected chi connectivity index (χ0v) is 20.0. The molecule has 0 N–H and O–H groups in total. The number of fused-ring (bicyclic) bond motifs is 2. The summed E-state index contributed by atoms with van der Waals surface area (Å²) in [5, 5.41) is 2.45. The molecular formula is C26H27N2OS2+. The summed E-state index contributed by atoms with van der Waals surface area (Å²) in [6.07, 6.45) is 15.8. The first-order valence-electron chi connectivity index (χ1n) is 10.3. The third kappa shape index (κ3) is 4.63. The van der Waals surface area contributed by atoms with Crippen molar-refractivity contribution in [3.8, 4) is 5.75 Å². The van der Waals surface area contributed by atoms with Gasteiger partial charge in [-0.25, -0.2) is 0 Å². The van der Waals surface area contributed by atoms with Crippen LogP contribution in [-0.2, 0) is 13.5 Å². The van der Waals surface area contributed by atoms with Crippen molar-refractivity contribution < 1.29 is 9.30 Å². The molecule has 0 spiro atoms. The number of aromatic nitrogens is 1. The number of hydrogen-bond acceptors (Lipinski definition) is 4. The number of methoxy groups -OCH3 is 1. The van der Waals surface area contributed by atoms with Crippen molar-refractivity contribution in [2.75, 3.05) is 19.1 Å². The van der Waals surface area contributed by atoms with E-state index in [1.165, 1.54) is 36.4 Å². The van der Waals surface area contributed by atoms with E-state index in [1.54, 1.807) is 18.9 Å². The monoisotopic (exact) mass is 447 g/mol. The number of hydrogen-bond donors (Lipinski definition) is 0. The van der Waals surface area contributed by atoms with Gasteiger partial charge in [-0.2, -0.15) is 4.57 Å². The first-order valence-corrected chi connectivity index (χ1v) is 12.0. The van der Waals surface area contributed by atoms with Crippen LogP contribution in [0, 0.1) is 0 Å². The Balaban J connectivity index is 1.39. The number of nitrogens with zero attached hydrogens (tertiary/aromatic N) is 2. The molecule has 0 bridgehead atoms. The molecule has 158 valence electrons. The molecule has 0 amide bonds. The Hall–Kier alpha value is -2.76. The molecule has 0 unspecified atom stereocenters. The standard InChI is InChI=1S/C26H27N2OS2/c1-5-19-13-15-21-23(17-19)30-25(27(21)2)11-9-7-6-8-10-12-26-28(3)22-16-14-20(29-4)18-24(22)31-26/h6-18H,5H2,1-4H3/q+1. The minimum Gasteiger partial charge on any atom is -0.497 e. The van der Waals surface area contributed by atoms with Crippen LogP contribution in [0.5, 0.6) is 5.75 Å². The highest BCUT2D eigenvalue weighted by molar-refractivity contribution is 8.03. The predicted molar refractivity (Wildman–Crippen MR) is 135 cm³/mol. The van der Waals surface area contributed by atoms with E-state index >= 15 is 0 Å². The van der Waals surface area contributed by atoms with Crippen LogP contribution in [-0.4, -0.2) is 14.2 Å². The van der Waals surface area contributed by atoms with Gasteiger partial charge < -0.3 is 9.64 Å². The number of anilines is 1. The number of benzene rings is 2. The molecule has 0 atom stereocenters. The molecule has 1 aliphatic heterocycles. The summed E-state index contributed by atoms with van der Waals surface area (Å²) in [5.74, 6) is 0.893. The van der Waals surface area contributed by atoms with Crippen LogP contribution >= 0.6 is 23.1 Å². The molecule has 0 aliphatic carbocycles. The lowest BCUT2D eigenvalue weighted by Gasteiger charge is -2.12. The molecule has 4 rings (SSSR count). The van der Waals surface area contributed by atoms with Crippen molar-refractivity contribution >= 4 is 45.1 Å². The van der Waals surface area contributed by atoms with Crippen molar-refractivity contribution in [3.63, 3.8) is 0 Å². The first-order chi connectivity index (χ1) is 15.1. The van der Waals surface area contributed by atoms with Crippen LogP contribution in [0.2, 0.25) is 0 Å². The Morgan fingerprint density at radius 2 is 1.84 bits per heavy atom. The molecule has 0 radical (unpaired) electrons. The van der Waals surface area contributed by atoms with Gasteiger partial charge in [0.15, 0.2) is 0 Å². The normalized spacial score (nSPS) is 15.4. The Morgan fingerprint density at radius 1 is 1.03 bits per heavy atom. The minimum atomic E-state index is 0.893. The number of aryl methyl sites for hydroxylation is 2. The molecule has 1 aromatic heterocycles. The van der Waals surface area contributed by atoms with Crippen LogP contribution < -0.4 is 14.2 Å². The SMILES string of the molecule is CCc1ccc2c(c1)sc(/C=C/C=C/C=C/C=C1\Sc3cc(OC)ccc3N1C)[n+]2C. The molecule has 2 aromatic carbocycles. The van der Waals surface area contributed by atoms with E-state index in [1.807, 2.05) is 17.4 Å². The van der Waals surface area contributed by atoms with E-state index in [0.717, 1.165) is 12.2 Å². The zero-order chi connectivity index (χ0) is 21.8. The van der Waals surface area contributed by atoms with E-state index in [0.29, 0.717) is 0 Å². The van der Waals surface area contributed by atoms with Gasteiger partial charge in [0.2, 0.25) is 5.52 Å². The molecule has 0 fully saturated rings. The van der Waals surface area contributed by atoms with Crippen LogP contribution in [0.3, 0.4) is 0 Å². The Bertz CT molecular complexity index is 1220. The fourth-order valence-corrected chi connectivity index (χ4v) is 5.70. The molecule has 1 aliphatic rings. The number of allylic oxidation sites excluding steroid dienone is 6. The van der Waals surface area contributed by atoms with Gasteiger partial charge in [-0.3, -0.25) is 0 Å². The lowest BCUT2D eigenvalue weighted by molar-refractivity contribution is -0.642. The van der Waals surface area contributed by atoms with Crippen LogP contribution in [0.4, 0.5) is 5.69 Å². The van der Waals surface area contributed by atoms with Crippen molar-refractivity contribution in [3.05, 3.63) is 88.5 Å². The van der Waals surface area contributed by atoms with Crippen LogP contribution in [0.15, 0.2) is 82.8 Å². The molecule has 3 aromatic rings. The molecule has 2 heterocycles. The van der Waals surface area contributed by atoms with Crippen molar-refractivity contribution in [1.29, 1.82) is 0 Å². The minimum absolute atomic E-state index is 0.893. The van der Waals surface area contributed by atoms with Gasteiger partial charge in [-0.15, -0.1) is 0 Å². The second-order valence-corrected chi connectivity index (χ2v) is 9.41. The molecular weight excluding hydrogens is 420 g/mol. The molecule has 0 saturated carbocycles. The third-order valence-corrected chi connectivity index (χ3v) is 7.67. The zero-order valence-electron chi connectivity index (χ0n) is 18.3. The first kappa shape index (κ1) is 21.5. The fourth-order valence-electron chi connectivity index (χ4n) is 3.48. The Kier molecular flexibility index (Phi) is 6.64. The van der Waals surface area contributed by atoms with Gasteiger partial charge in [0.25, 0.3) is 5.01 Å². The van der Waals surface area contributed by atoms with Crippen molar-refractivity contribution in [1.82, 2.24) is 0 Å². The fraction of sp³-hybridized carbons (Fsp3) is 0.192. The summed E-state index contributed by atoms with van der Waals surface area (Å²) in [5.41, 5.74) is 3.89. The largest absolute Gasteiger partial charge is 0.497 e. The van der Waals surface area contributed by atoms with Crippen molar-refractivity contribution in [2.24, 2.45) is 7.05 Å². The van der Waals surface area contributed by atoms with Gasteiger partial charge in [-0.05, 0) is 42.3 Å². The van der Waals surface area contributed by atoms with Gasteiger partial charge in [0.1, 0.15) is 17.5 Å².